The molecule has 6 heteroatoms. The molecule has 0 aromatic heterocycles. The van der Waals surface area contributed by atoms with Gasteiger partial charge in [0.25, 0.3) is 0 Å². The van der Waals surface area contributed by atoms with Crippen molar-refractivity contribution in [3.63, 3.8) is 0 Å². The van der Waals surface area contributed by atoms with Crippen LogP contribution in [0.3, 0.4) is 0 Å². The van der Waals surface area contributed by atoms with Crippen molar-refractivity contribution < 1.29 is 23.9 Å². The minimum Gasteiger partial charge on any atom is -0.469 e. The van der Waals surface area contributed by atoms with E-state index >= 15 is 0 Å². The van der Waals surface area contributed by atoms with E-state index in [0.717, 1.165) is 57.8 Å². The van der Waals surface area contributed by atoms with E-state index in [0.29, 0.717) is 25.1 Å². The highest BCUT2D eigenvalue weighted by molar-refractivity contribution is 5.96. The highest BCUT2D eigenvalue weighted by Crippen LogP contribution is 2.54. The van der Waals surface area contributed by atoms with Crippen molar-refractivity contribution in [2.24, 2.45) is 22.7 Å². The summed E-state index contributed by atoms with van der Waals surface area (Å²) in [6, 6.07) is 0. The van der Waals surface area contributed by atoms with E-state index in [1.807, 2.05) is 17.9 Å². The zero-order valence-corrected chi connectivity index (χ0v) is 23.7. The summed E-state index contributed by atoms with van der Waals surface area (Å²) in [5, 5.41) is 0. The average Bonchev–Trinajstić information content (AvgIpc) is 2.85. The predicted molar refractivity (Wildman–Crippen MR) is 141 cm³/mol. The van der Waals surface area contributed by atoms with E-state index in [1.54, 1.807) is 0 Å². The molecule has 1 amide bonds. The Bertz CT molecular complexity index is 733. The minimum absolute atomic E-state index is 0.0141. The third-order valence-corrected chi connectivity index (χ3v) is 8.40. The van der Waals surface area contributed by atoms with E-state index in [1.165, 1.54) is 14.2 Å². The summed E-state index contributed by atoms with van der Waals surface area (Å²) < 4.78 is 10.4. The number of hydrogen-bond donors (Lipinski definition) is 0. The summed E-state index contributed by atoms with van der Waals surface area (Å²) in [7, 11) is 2.85. The molecule has 0 fully saturated rings. The predicted octanol–water partition coefficient (Wildman–Crippen LogP) is 6.33. The third kappa shape index (κ3) is 7.57. The van der Waals surface area contributed by atoms with Crippen LogP contribution in [0.5, 0.6) is 0 Å². The molecule has 0 N–H and O–H groups in total. The van der Waals surface area contributed by atoms with E-state index in [-0.39, 0.29) is 23.8 Å². The molecule has 0 saturated heterocycles. The van der Waals surface area contributed by atoms with Crippen molar-refractivity contribution in [2.75, 3.05) is 27.3 Å². The average molecular weight is 494 g/mol. The maximum atomic E-state index is 13.6. The maximum absolute atomic E-state index is 13.6. The second kappa shape index (κ2) is 14.6. The smallest absolute Gasteiger partial charge is 0.314 e. The van der Waals surface area contributed by atoms with Gasteiger partial charge in [0.05, 0.1) is 25.6 Å². The van der Waals surface area contributed by atoms with Gasteiger partial charge in [0, 0.05) is 18.7 Å². The third-order valence-electron chi connectivity index (χ3n) is 8.40. The lowest BCUT2D eigenvalue weighted by molar-refractivity contribution is -0.167. The molecule has 202 valence electrons. The fourth-order valence-electron chi connectivity index (χ4n) is 5.74. The normalized spacial score (nSPS) is 20.5. The first-order chi connectivity index (χ1) is 16.6. The van der Waals surface area contributed by atoms with Crippen LogP contribution in [-0.2, 0) is 23.9 Å². The Morgan fingerprint density at radius 2 is 1.69 bits per heavy atom. The van der Waals surface area contributed by atoms with Crippen LogP contribution in [0.15, 0.2) is 11.6 Å². The number of nitrogens with zero attached hydrogens (tertiary/aromatic N) is 1. The molecule has 0 aliphatic carbocycles. The molecule has 35 heavy (non-hydrogen) atoms. The fraction of sp³-hybridized carbons (Fsp3) is 0.828. The summed E-state index contributed by atoms with van der Waals surface area (Å²) in [5.74, 6) is -0.949. The Morgan fingerprint density at radius 3 is 2.23 bits per heavy atom. The Balaban J connectivity index is 3.45. The standard InChI is InChI=1S/C29H51NO5/c1-9-12-14-15-18-30-21-24(26(32)34-7)19-23(25(30)31)20-28(5,17-13-10-2)29(6,27(33)35-8)22(4)16-11-3/h19,22,24H,9-18,20-21H2,1-8H3. The van der Waals surface area contributed by atoms with Gasteiger partial charge in [-0.05, 0) is 43.9 Å². The van der Waals surface area contributed by atoms with E-state index in [9.17, 15) is 14.4 Å². The van der Waals surface area contributed by atoms with Crippen LogP contribution in [0.2, 0.25) is 0 Å². The molecule has 0 radical (unpaired) electrons. The second-order valence-electron chi connectivity index (χ2n) is 10.9. The van der Waals surface area contributed by atoms with Crippen molar-refractivity contribution in [3.8, 4) is 0 Å². The van der Waals surface area contributed by atoms with E-state index in [2.05, 4.69) is 34.6 Å². The molecular formula is C29H51NO5. The summed E-state index contributed by atoms with van der Waals surface area (Å²) >= 11 is 0. The van der Waals surface area contributed by atoms with Crippen LogP contribution >= 0.6 is 0 Å². The first-order valence-corrected chi connectivity index (χ1v) is 13.7. The van der Waals surface area contributed by atoms with Gasteiger partial charge in [-0.15, -0.1) is 0 Å². The monoisotopic (exact) mass is 493 g/mol. The number of carbonyl (C=O) groups excluding carboxylic acids is 3. The Hall–Kier alpha value is -1.85. The summed E-state index contributed by atoms with van der Waals surface area (Å²) in [6.45, 7) is 13.7. The van der Waals surface area contributed by atoms with Crippen molar-refractivity contribution in [2.45, 2.75) is 106 Å². The zero-order valence-electron chi connectivity index (χ0n) is 23.7. The molecule has 0 aromatic carbocycles. The maximum Gasteiger partial charge on any atom is 0.314 e. The Kier molecular flexibility index (Phi) is 13.0. The number of amides is 1. The summed E-state index contributed by atoms with van der Waals surface area (Å²) in [5.41, 5.74) is -0.643. The quantitative estimate of drug-likeness (QED) is 0.186. The highest BCUT2D eigenvalue weighted by atomic mass is 16.5. The molecule has 4 atom stereocenters. The SMILES string of the molecule is CCCCCCN1CC(C(=O)OC)C=C(CC(C)(CCCC)C(C)(C(=O)OC)C(C)CCC)C1=O. The van der Waals surface area contributed by atoms with Crippen molar-refractivity contribution in [1.82, 2.24) is 4.90 Å². The van der Waals surface area contributed by atoms with E-state index in [4.69, 9.17) is 9.47 Å². The van der Waals surface area contributed by atoms with Gasteiger partial charge in [0.1, 0.15) is 0 Å². The van der Waals surface area contributed by atoms with Gasteiger partial charge >= 0.3 is 11.9 Å². The van der Waals surface area contributed by atoms with Crippen LogP contribution in [0.1, 0.15) is 106 Å². The van der Waals surface area contributed by atoms with Gasteiger partial charge in [-0.25, -0.2) is 0 Å². The molecule has 0 saturated carbocycles. The summed E-state index contributed by atoms with van der Waals surface area (Å²) in [4.78, 5) is 41.4. The van der Waals surface area contributed by atoms with Crippen LogP contribution in [-0.4, -0.2) is 50.1 Å². The van der Waals surface area contributed by atoms with Gasteiger partial charge in [-0.1, -0.05) is 79.2 Å². The Morgan fingerprint density at radius 1 is 1.03 bits per heavy atom. The Labute approximate surface area is 214 Å². The molecular weight excluding hydrogens is 442 g/mol. The van der Waals surface area contributed by atoms with E-state index < -0.39 is 16.7 Å². The van der Waals surface area contributed by atoms with Gasteiger partial charge in [-0.3, -0.25) is 14.4 Å². The number of rotatable bonds is 16. The first-order valence-electron chi connectivity index (χ1n) is 13.7. The number of carbonyl (C=O) groups is 3. The van der Waals surface area contributed by atoms with Crippen molar-refractivity contribution in [1.29, 1.82) is 0 Å². The van der Waals surface area contributed by atoms with Crippen molar-refractivity contribution in [3.05, 3.63) is 11.6 Å². The van der Waals surface area contributed by atoms with Gasteiger partial charge in [0.15, 0.2) is 0 Å². The molecule has 4 unspecified atom stereocenters. The second-order valence-corrected chi connectivity index (χ2v) is 10.9. The van der Waals surface area contributed by atoms with Crippen LogP contribution < -0.4 is 0 Å². The number of esters is 2. The lowest BCUT2D eigenvalue weighted by Crippen LogP contribution is -2.51. The number of unbranched alkanes of at least 4 members (excludes halogenated alkanes) is 4. The highest BCUT2D eigenvalue weighted by Gasteiger charge is 2.54. The van der Waals surface area contributed by atoms with Crippen molar-refractivity contribution >= 4 is 17.8 Å². The topological polar surface area (TPSA) is 72.9 Å². The minimum atomic E-state index is -0.766. The molecule has 1 heterocycles. The van der Waals surface area contributed by atoms with Gasteiger partial charge < -0.3 is 14.4 Å². The van der Waals surface area contributed by atoms with Gasteiger partial charge in [0.2, 0.25) is 5.91 Å². The lowest BCUT2D eigenvalue weighted by Gasteiger charge is -2.49. The largest absolute Gasteiger partial charge is 0.469 e. The zero-order chi connectivity index (χ0) is 26.6. The van der Waals surface area contributed by atoms with Crippen LogP contribution in [0, 0.1) is 22.7 Å². The number of hydrogen-bond acceptors (Lipinski definition) is 5. The first kappa shape index (κ1) is 31.2. The van der Waals surface area contributed by atoms with Gasteiger partial charge in [-0.2, -0.15) is 0 Å². The molecule has 1 aliphatic heterocycles. The lowest BCUT2D eigenvalue weighted by atomic mass is 9.54. The molecule has 0 aromatic rings. The molecule has 6 nitrogen and oxygen atoms in total. The molecule has 0 spiro atoms. The van der Waals surface area contributed by atoms with Crippen LogP contribution in [0.4, 0.5) is 0 Å². The molecule has 0 bridgehead atoms. The van der Waals surface area contributed by atoms with Crippen LogP contribution in [0.25, 0.3) is 0 Å². The fourth-order valence-corrected chi connectivity index (χ4v) is 5.74. The molecule has 1 aliphatic rings. The number of methoxy groups -OCH3 is 2. The number of ether oxygens (including phenoxy) is 2. The molecule has 1 rings (SSSR count). The summed E-state index contributed by atoms with van der Waals surface area (Å²) in [6.07, 6.45) is 11.1.